The van der Waals surface area contributed by atoms with Crippen molar-refractivity contribution in [3.05, 3.63) is 53.0 Å². The van der Waals surface area contributed by atoms with Gasteiger partial charge in [-0.15, -0.1) is 0 Å². The summed E-state index contributed by atoms with van der Waals surface area (Å²) < 4.78 is 5.15. The summed E-state index contributed by atoms with van der Waals surface area (Å²) in [6.07, 6.45) is 1.57. The molecule has 2 aromatic rings. The normalized spacial score (nSPS) is 10.3. The standard InChI is InChI=1S/C14H15NO2/c1-9-4-10(2)6-12(5-9)15-14(16)13-7-11(3)8-17-13/h4-8H,1-3H3,(H,15,16). The maximum Gasteiger partial charge on any atom is 0.291 e. The second-order valence-electron chi connectivity index (χ2n) is 4.32. The molecule has 0 aliphatic rings. The molecule has 0 aliphatic heterocycles. The first-order chi connectivity index (χ1) is 8.04. The fourth-order valence-electron chi connectivity index (χ4n) is 1.79. The van der Waals surface area contributed by atoms with Crippen molar-refractivity contribution in [2.45, 2.75) is 20.8 Å². The molecule has 1 aromatic heterocycles. The van der Waals surface area contributed by atoms with Crippen LogP contribution in [-0.2, 0) is 0 Å². The number of hydrogen-bond donors (Lipinski definition) is 1. The molecule has 0 saturated heterocycles. The van der Waals surface area contributed by atoms with Crippen LogP contribution < -0.4 is 5.32 Å². The van der Waals surface area contributed by atoms with Crippen molar-refractivity contribution < 1.29 is 9.21 Å². The third-order valence-electron chi connectivity index (χ3n) is 2.43. The Bertz CT molecular complexity index is 535. The third kappa shape index (κ3) is 2.75. The van der Waals surface area contributed by atoms with E-state index < -0.39 is 0 Å². The third-order valence-corrected chi connectivity index (χ3v) is 2.43. The summed E-state index contributed by atoms with van der Waals surface area (Å²) in [5.74, 6) is 0.116. The molecule has 0 bridgehead atoms. The van der Waals surface area contributed by atoms with Crippen molar-refractivity contribution in [2.75, 3.05) is 5.32 Å². The minimum absolute atomic E-state index is 0.219. The molecule has 88 valence electrons. The smallest absolute Gasteiger partial charge is 0.291 e. The summed E-state index contributed by atoms with van der Waals surface area (Å²) in [7, 11) is 0. The lowest BCUT2D eigenvalue weighted by Crippen LogP contribution is -2.11. The Hall–Kier alpha value is -2.03. The Labute approximate surface area is 100 Å². The first kappa shape index (κ1) is 11.5. The number of amides is 1. The number of rotatable bonds is 2. The number of carbonyl (C=O) groups excluding carboxylic acids is 1. The second kappa shape index (κ2) is 4.45. The lowest BCUT2D eigenvalue weighted by Gasteiger charge is -2.05. The molecular formula is C14H15NO2. The number of furan rings is 1. The maximum atomic E-state index is 11.8. The van der Waals surface area contributed by atoms with Gasteiger partial charge in [-0.3, -0.25) is 4.79 Å². The fourth-order valence-corrected chi connectivity index (χ4v) is 1.79. The van der Waals surface area contributed by atoms with E-state index >= 15 is 0 Å². The minimum atomic E-state index is -0.219. The molecule has 3 nitrogen and oxygen atoms in total. The molecular weight excluding hydrogens is 214 g/mol. The van der Waals surface area contributed by atoms with Gasteiger partial charge in [0.05, 0.1) is 6.26 Å². The Morgan fingerprint density at radius 3 is 2.18 bits per heavy atom. The summed E-state index contributed by atoms with van der Waals surface area (Å²) in [6.45, 7) is 5.89. The number of aryl methyl sites for hydroxylation is 3. The molecule has 1 amide bonds. The van der Waals surface area contributed by atoms with Gasteiger partial charge in [-0.05, 0) is 55.7 Å². The molecule has 17 heavy (non-hydrogen) atoms. The Morgan fingerprint density at radius 1 is 1.00 bits per heavy atom. The molecule has 3 heteroatoms. The van der Waals surface area contributed by atoms with Crippen LogP contribution in [0, 0.1) is 20.8 Å². The average molecular weight is 229 g/mol. The molecule has 0 saturated carbocycles. The summed E-state index contributed by atoms with van der Waals surface area (Å²) in [5.41, 5.74) is 3.98. The van der Waals surface area contributed by atoms with E-state index in [1.807, 2.05) is 32.9 Å². The zero-order valence-corrected chi connectivity index (χ0v) is 10.2. The first-order valence-corrected chi connectivity index (χ1v) is 5.49. The number of anilines is 1. The lowest BCUT2D eigenvalue weighted by molar-refractivity contribution is 0.0996. The number of benzene rings is 1. The quantitative estimate of drug-likeness (QED) is 0.856. The second-order valence-corrected chi connectivity index (χ2v) is 4.32. The van der Waals surface area contributed by atoms with Gasteiger partial charge in [-0.2, -0.15) is 0 Å². The van der Waals surface area contributed by atoms with Crippen LogP contribution in [0.25, 0.3) is 0 Å². The van der Waals surface area contributed by atoms with Gasteiger partial charge in [0.15, 0.2) is 5.76 Å². The predicted molar refractivity (Wildman–Crippen MR) is 67.3 cm³/mol. The minimum Gasteiger partial charge on any atom is -0.459 e. The van der Waals surface area contributed by atoms with Crippen LogP contribution in [0.5, 0.6) is 0 Å². The summed E-state index contributed by atoms with van der Waals surface area (Å²) in [5, 5.41) is 2.82. The molecule has 1 aromatic carbocycles. The maximum absolute atomic E-state index is 11.8. The van der Waals surface area contributed by atoms with Crippen molar-refractivity contribution in [1.29, 1.82) is 0 Å². The van der Waals surface area contributed by atoms with Crippen LogP contribution in [0.15, 0.2) is 34.9 Å². The fraction of sp³-hybridized carbons (Fsp3) is 0.214. The Balaban J connectivity index is 2.18. The van der Waals surface area contributed by atoms with Gasteiger partial charge in [0.1, 0.15) is 0 Å². The molecule has 0 fully saturated rings. The predicted octanol–water partition coefficient (Wildman–Crippen LogP) is 3.46. The number of hydrogen-bond acceptors (Lipinski definition) is 2. The van der Waals surface area contributed by atoms with Gasteiger partial charge in [-0.1, -0.05) is 6.07 Å². The van der Waals surface area contributed by atoms with Crippen LogP contribution in [0.3, 0.4) is 0 Å². The van der Waals surface area contributed by atoms with E-state index in [0.717, 1.165) is 22.4 Å². The van der Waals surface area contributed by atoms with E-state index in [2.05, 4.69) is 11.4 Å². The van der Waals surface area contributed by atoms with E-state index in [1.165, 1.54) is 0 Å². The van der Waals surface area contributed by atoms with Gasteiger partial charge < -0.3 is 9.73 Å². The monoisotopic (exact) mass is 229 g/mol. The van der Waals surface area contributed by atoms with Crippen molar-refractivity contribution >= 4 is 11.6 Å². The molecule has 0 unspecified atom stereocenters. The van der Waals surface area contributed by atoms with Crippen LogP contribution in [-0.4, -0.2) is 5.91 Å². The largest absolute Gasteiger partial charge is 0.459 e. The van der Waals surface area contributed by atoms with Crippen LogP contribution in [0.4, 0.5) is 5.69 Å². The highest BCUT2D eigenvalue weighted by atomic mass is 16.3. The highest BCUT2D eigenvalue weighted by molar-refractivity contribution is 6.02. The lowest BCUT2D eigenvalue weighted by atomic mass is 10.1. The first-order valence-electron chi connectivity index (χ1n) is 5.49. The van der Waals surface area contributed by atoms with Gasteiger partial charge in [-0.25, -0.2) is 0 Å². The van der Waals surface area contributed by atoms with E-state index in [-0.39, 0.29) is 5.91 Å². The van der Waals surface area contributed by atoms with Crippen molar-refractivity contribution in [3.8, 4) is 0 Å². The molecule has 1 heterocycles. The van der Waals surface area contributed by atoms with E-state index in [9.17, 15) is 4.79 Å². The molecule has 0 atom stereocenters. The SMILES string of the molecule is Cc1cc(C)cc(NC(=O)c2cc(C)co2)c1. The van der Waals surface area contributed by atoms with E-state index in [4.69, 9.17) is 4.42 Å². The van der Waals surface area contributed by atoms with Gasteiger partial charge in [0.2, 0.25) is 0 Å². The van der Waals surface area contributed by atoms with Crippen molar-refractivity contribution in [2.24, 2.45) is 0 Å². The molecule has 0 radical (unpaired) electrons. The summed E-state index contributed by atoms with van der Waals surface area (Å²) >= 11 is 0. The number of nitrogens with one attached hydrogen (secondary N) is 1. The Kier molecular flexibility index (Phi) is 3.00. The Morgan fingerprint density at radius 2 is 1.65 bits per heavy atom. The van der Waals surface area contributed by atoms with E-state index in [1.54, 1.807) is 12.3 Å². The van der Waals surface area contributed by atoms with Crippen LogP contribution >= 0.6 is 0 Å². The van der Waals surface area contributed by atoms with E-state index in [0.29, 0.717) is 5.76 Å². The van der Waals surface area contributed by atoms with Gasteiger partial charge in [0, 0.05) is 5.69 Å². The molecule has 1 N–H and O–H groups in total. The van der Waals surface area contributed by atoms with Crippen LogP contribution in [0.2, 0.25) is 0 Å². The van der Waals surface area contributed by atoms with Crippen molar-refractivity contribution in [3.63, 3.8) is 0 Å². The zero-order valence-electron chi connectivity index (χ0n) is 10.2. The topological polar surface area (TPSA) is 42.2 Å². The van der Waals surface area contributed by atoms with Crippen molar-refractivity contribution in [1.82, 2.24) is 0 Å². The highest BCUT2D eigenvalue weighted by Gasteiger charge is 2.10. The molecule has 2 rings (SSSR count). The zero-order chi connectivity index (χ0) is 12.4. The molecule has 0 aliphatic carbocycles. The van der Waals surface area contributed by atoms with Gasteiger partial charge in [0.25, 0.3) is 5.91 Å². The summed E-state index contributed by atoms with van der Waals surface area (Å²) in [6, 6.07) is 7.64. The number of carbonyl (C=O) groups is 1. The summed E-state index contributed by atoms with van der Waals surface area (Å²) in [4.78, 5) is 11.8. The van der Waals surface area contributed by atoms with Gasteiger partial charge >= 0.3 is 0 Å². The average Bonchev–Trinajstić information content (AvgIpc) is 2.63. The van der Waals surface area contributed by atoms with Crippen LogP contribution in [0.1, 0.15) is 27.2 Å². The molecule has 0 spiro atoms. The highest BCUT2D eigenvalue weighted by Crippen LogP contribution is 2.15.